The molecular formula is C27H32N4O5. The van der Waals surface area contributed by atoms with Crippen LogP contribution in [0.25, 0.3) is 0 Å². The van der Waals surface area contributed by atoms with Crippen molar-refractivity contribution in [1.82, 2.24) is 10.5 Å². The highest BCUT2D eigenvalue weighted by molar-refractivity contribution is 6.03. The molecule has 2 heterocycles. The highest BCUT2D eigenvalue weighted by atomic mass is 16.5. The molecule has 36 heavy (non-hydrogen) atoms. The second-order valence-corrected chi connectivity index (χ2v) is 9.33. The van der Waals surface area contributed by atoms with E-state index in [-0.39, 0.29) is 36.6 Å². The molecule has 1 atom stereocenters. The molecule has 1 saturated carbocycles. The standard InChI is InChI=1S/C27H32N4O5/c1-17-10-11-18(2)21(15-17)31(25(33)13-12-24(32)29-23-16-19(3)36-30-23)26(22-9-6-14-35-22)27(34)28-20-7-4-5-8-20/h6,9-11,14-16,20,26H,4-5,7-8,12-13H2,1-3H3,(H,28,34)(H,29,30,32)/t26-/m0/s1. The topological polar surface area (TPSA) is 118 Å². The molecule has 3 aromatic rings. The van der Waals surface area contributed by atoms with E-state index in [1.165, 1.54) is 11.2 Å². The van der Waals surface area contributed by atoms with Crippen LogP contribution in [0.1, 0.15) is 67.2 Å². The lowest BCUT2D eigenvalue weighted by Crippen LogP contribution is -2.46. The predicted octanol–water partition coefficient (Wildman–Crippen LogP) is 4.74. The SMILES string of the molecule is Cc1ccc(C)c(N(C(=O)CCC(=O)Nc2cc(C)on2)[C@H](C(=O)NC2CCCC2)c2ccco2)c1. The van der Waals surface area contributed by atoms with Crippen molar-refractivity contribution in [2.24, 2.45) is 0 Å². The second-order valence-electron chi connectivity index (χ2n) is 9.33. The normalized spacial score (nSPS) is 14.4. The van der Waals surface area contributed by atoms with Crippen molar-refractivity contribution in [3.05, 3.63) is 65.3 Å². The van der Waals surface area contributed by atoms with Gasteiger partial charge in [0.2, 0.25) is 11.8 Å². The number of aryl methyl sites for hydroxylation is 3. The fourth-order valence-corrected chi connectivity index (χ4v) is 4.54. The van der Waals surface area contributed by atoms with Crippen LogP contribution in [-0.4, -0.2) is 28.9 Å². The van der Waals surface area contributed by atoms with Gasteiger partial charge < -0.3 is 19.6 Å². The number of nitrogens with one attached hydrogen (secondary N) is 2. The predicted molar refractivity (Wildman–Crippen MR) is 134 cm³/mol. The lowest BCUT2D eigenvalue weighted by molar-refractivity contribution is -0.128. The number of amides is 3. The molecule has 0 spiro atoms. The molecule has 9 nitrogen and oxygen atoms in total. The van der Waals surface area contributed by atoms with E-state index < -0.39 is 6.04 Å². The summed E-state index contributed by atoms with van der Waals surface area (Å²) in [6.45, 7) is 5.54. The first-order chi connectivity index (χ1) is 17.3. The summed E-state index contributed by atoms with van der Waals surface area (Å²) < 4.78 is 10.6. The van der Waals surface area contributed by atoms with Crippen molar-refractivity contribution in [3.8, 4) is 0 Å². The Labute approximate surface area is 210 Å². The van der Waals surface area contributed by atoms with Crippen LogP contribution in [0.5, 0.6) is 0 Å². The van der Waals surface area contributed by atoms with Crippen molar-refractivity contribution >= 4 is 29.2 Å². The van der Waals surface area contributed by atoms with Gasteiger partial charge in [0, 0.05) is 30.6 Å². The zero-order valence-corrected chi connectivity index (χ0v) is 20.9. The van der Waals surface area contributed by atoms with Crippen LogP contribution in [0.3, 0.4) is 0 Å². The van der Waals surface area contributed by atoms with Crippen molar-refractivity contribution in [2.75, 3.05) is 10.2 Å². The minimum atomic E-state index is -1.00. The summed E-state index contributed by atoms with van der Waals surface area (Å²) in [4.78, 5) is 41.3. The van der Waals surface area contributed by atoms with E-state index in [1.807, 2.05) is 32.0 Å². The summed E-state index contributed by atoms with van der Waals surface area (Å²) in [6.07, 6.45) is 5.26. The van der Waals surface area contributed by atoms with Crippen LogP contribution in [0.4, 0.5) is 11.5 Å². The maximum absolute atomic E-state index is 13.7. The average molecular weight is 493 g/mol. The molecule has 0 radical (unpaired) electrons. The largest absolute Gasteiger partial charge is 0.467 e. The molecule has 9 heteroatoms. The molecular weight excluding hydrogens is 460 g/mol. The third-order valence-electron chi connectivity index (χ3n) is 6.38. The fourth-order valence-electron chi connectivity index (χ4n) is 4.54. The zero-order chi connectivity index (χ0) is 25.7. The van der Waals surface area contributed by atoms with Gasteiger partial charge in [0.1, 0.15) is 11.5 Å². The number of furan rings is 1. The molecule has 1 aliphatic carbocycles. The van der Waals surface area contributed by atoms with Crippen LogP contribution in [-0.2, 0) is 14.4 Å². The first-order valence-electron chi connectivity index (χ1n) is 12.3. The van der Waals surface area contributed by atoms with E-state index in [0.717, 1.165) is 36.8 Å². The van der Waals surface area contributed by atoms with Gasteiger partial charge in [0.05, 0.1) is 6.26 Å². The van der Waals surface area contributed by atoms with E-state index in [4.69, 9.17) is 8.94 Å². The Morgan fingerprint density at radius 1 is 1.08 bits per heavy atom. The number of rotatable bonds is 9. The van der Waals surface area contributed by atoms with Crippen molar-refractivity contribution in [3.63, 3.8) is 0 Å². The third kappa shape index (κ3) is 6.02. The number of aromatic nitrogens is 1. The van der Waals surface area contributed by atoms with E-state index in [2.05, 4.69) is 15.8 Å². The van der Waals surface area contributed by atoms with E-state index in [1.54, 1.807) is 25.1 Å². The average Bonchev–Trinajstić information content (AvgIpc) is 3.62. The van der Waals surface area contributed by atoms with Gasteiger partial charge in [0.15, 0.2) is 11.9 Å². The minimum Gasteiger partial charge on any atom is -0.467 e. The monoisotopic (exact) mass is 492 g/mol. The molecule has 0 bridgehead atoms. The Balaban J connectivity index is 1.62. The molecule has 0 aliphatic heterocycles. The molecule has 0 saturated heterocycles. The van der Waals surface area contributed by atoms with Crippen LogP contribution < -0.4 is 15.5 Å². The quantitative estimate of drug-likeness (QED) is 0.445. The van der Waals surface area contributed by atoms with Gasteiger partial charge in [-0.15, -0.1) is 0 Å². The minimum absolute atomic E-state index is 0.0715. The summed E-state index contributed by atoms with van der Waals surface area (Å²) in [5.41, 5.74) is 2.39. The number of carbonyl (C=O) groups is 3. The van der Waals surface area contributed by atoms with Gasteiger partial charge in [-0.2, -0.15) is 0 Å². The molecule has 3 amide bonds. The van der Waals surface area contributed by atoms with Crippen LogP contribution in [0, 0.1) is 20.8 Å². The Kier molecular flexibility index (Phi) is 7.87. The molecule has 190 valence electrons. The number of anilines is 2. The van der Waals surface area contributed by atoms with Gasteiger partial charge in [-0.1, -0.05) is 30.1 Å². The van der Waals surface area contributed by atoms with Crippen LogP contribution in [0.2, 0.25) is 0 Å². The van der Waals surface area contributed by atoms with Gasteiger partial charge in [-0.05, 0) is 62.9 Å². The van der Waals surface area contributed by atoms with Gasteiger partial charge >= 0.3 is 0 Å². The first kappa shape index (κ1) is 25.2. The molecule has 0 unspecified atom stereocenters. The molecule has 1 aromatic carbocycles. The van der Waals surface area contributed by atoms with E-state index in [0.29, 0.717) is 23.0 Å². The lowest BCUT2D eigenvalue weighted by Gasteiger charge is -2.32. The van der Waals surface area contributed by atoms with Gasteiger partial charge in [-0.25, -0.2) is 0 Å². The smallest absolute Gasteiger partial charge is 0.251 e. The summed E-state index contributed by atoms with van der Waals surface area (Å²) in [5, 5.41) is 9.50. The van der Waals surface area contributed by atoms with Gasteiger partial charge in [-0.3, -0.25) is 19.3 Å². The van der Waals surface area contributed by atoms with E-state index >= 15 is 0 Å². The number of hydrogen-bond acceptors (Lipinski definition) is 6. The third-order valence-corrected chi connectivity index (χ3v) is 6.38. The molecule has 2 N–H and O–H groups in total. The Morgan fingerprint density at radius 3 is 2.53 bits per heavy atom. The number of benzene rings is 1. The molecule has 2 aromatic heterocycles. The highest BCUT2D eigenvalue weighted by Gasteiger charge is 2.36. The summed E-state index contributed by atoms with van der Waals surface area (Å²) in [7, 11) is 0. The van der Waals surface area contributed by atoms with Crippen LogP contribution in [0.15, 0.2) is 51.6 Å². The summed E-state index contributed by atoms with van der Waals surface area (Å²) in [6, 6.07) is 9.81. The lowest BCUT2D eigenvalue weighted by atomic mass is 10.0. The van der Waals surface area contributed by atoms with Crippen molar-refractivity contribution in [2.45, 2.75) is 71.4 Å². The van der Waals surface area contributed by atoms with Crippen molar-refractivity contribution in [1.29, 1.82) is 0 Å². The van der Waals surface area contributed by atoms with Gasteiger partial charge in [0.25, 0.3) is 5.91 Å². The van der Waals surface area contributed by atoms with Crippen LogP contribution >= 0.6 is 0 Å². The fraction of sp³-hybridized carbons (Fsp3) is 0.407. The number of carbonyl (C=O) groups excluding carboxylic acids is 3. The molecule has 4 rings (SSSR count). The van der Waals surface area contributed by atoms with Crippen molar-refractivity contribution < 1.29 is 23.3 Å². The summed E-state index contributed by atoms with van der Waals surface area (Å²) in [5.74, 6) is 0.189. The highest BCUT2D eigenvalue weighted by Crippen LogP contribution is 2.33. The maximum atomic E-state index is 13.7. The Bertz CT molecular complexity index is 1210. The zero-order valence-electron chi connectivity index (χ0n) is 20.9. The maximum Gasteiger partial charge on any atom is 0.251 e. The number of nitrogens with zero attached hydrogens (tertiary/aromatic N) is 2. The Morgan fingerprint density at radius 2 is 1.86 bits per heavy atom. The first-order valence-corrected chi connectivity index (χ1v) is 12.3. The molecule has 1 fully saturated rings. The molecule has 1 aliphatic rings. The Hall–Kier alpha value is -3.88. The second kappa shape index (κ2) is 11.2. The number of hydrogen-bond donors (Lipinski definition) is 2. The van der Waals surface area contributed by atoms with E-state index in [9.17, 15) is 14.4 Å². The summed E-state index contributed by atoms with van der Waals surface area (Å²) >= 11 is 0.